The van der Waals surface area contributed by atoms with Crippen LogP contribution in [0.25, 0.3) is 0 Å². The van der Waals surface area contributed by atoms with Gasteiger partial charge >= 0.3 is 0 Å². The molecule has 3 heteroatoms. The summed E-state index contributed by atoms with van der Waals surface area (Å²) in [4.78, 5) is 0. The van der Waals surface area contributed by atoms with Gasteiger partial charge in [-0.1, -0.05) is 38.3 Å². The van der Waals surface area contributed by atoms with Crippen molar-refractivity contribution >= 4 is 17.3 Å². The predicted octanol–water partition coefficient (Wildman–Crippen LogP) is 4.59. The van der Waals surface area contributed by atoms with Crippen LogP contribution in [0.5, 0.6) is 0 Å². The van der Waals surface area contributed by atoms with Crippen LogP contribution in [0.2, 0.25) is 5.02 Å². The van der Waals surface area contributed by atoms with Gasteiger partial charge in [0.2, 0.25) is 0 Å². The highest BCUT2D eigenvalue weighted by Crippen LogP contribution is 2.21. The van der Waals surface area contributed by atoms with Gasteiger partial charge in [-0.25, -0.2) is 0 Å². The molecule has 0 radical (unpaired) electrons. The number of nitriles is 1. The van der Waals surface area contributed by atoms with Crippen molar-refractivity contribution in [3.63, 3.8) is 0 Å². The molecule has 0 heterocycles. The first-order valence-electron chi connectivity index (χ1n) is 6.17. The number of halogens is 1. The van der Waals surface area contributed by atoms with E-state index < -0.39 is 0 Å². The molecule has 0 aliphatic rings. The SMILES string of the molecule is CCCC(CCC)Nc1ccc(Cl)c(C#N)c1. The number of nitrogens with one attached hydrogen (secondary N) is 1. The molecule has 0 saturated carbocycles. The molecule has 1 aromatic carbocycles. The van der Waals surface area contributed by atoms with E-state index in [9.17, 15) is 0 Å². The third-order valence-corrected chi connectivity index (χ3v) is 3.06. The van der Waals surface area contributed by atoms with E-state index in [-0.39, 0.29) is 0 Å². The molecule has 0 atom stereocenters. The highest BCUT2D eigenvalue weighted by Gasteiger charge is 2.07. The third kappa shape index (κ3) is 4.28. The molecule has 0 saturated heterocycles. The molecule has 1 N–H and O–H groups in total. The summed E-state index contributed by atoms with van der Waals surface area (Å²) in [5.41, 5.74) is 1.52. The van der Waals surface area contributed by atoms with Crippen LogP contribution >= 0.6 is 11.6 Å². The van der Waals surface area contributed by atoms with E-state index in [1.165, 1.54) is 0 Å². The second-order valence-corrected chi connectivity index (χ2v) is 4.63. The Morgan fingerprint density at radius 3 is 2.47 bits per heavy atom. The highest BCUT2D eigenvalue weighted by atomic mass is 35.5. The maximum absolute atomic E-state index is 8.92. The Bertz CT molecular complexity index is 390. The molecular weight excluding hydrogens is 232 g/mol. The van der Waals surface area contributed by atoms with Gasteiger partial charge < -0.3 is 5.32 Å². The van der Waals surface area contributed by atoms with Crippen molar-refractivity contribution in [1.29, 1.82) is 5.26 Å². The fourth-order valence-corrected chi connectivity index (χ4v) is 2.08. The number of rotatable bonds is 6. The summed E-state index contributed by atoms with van der Waals surface area (Å²) in [6, 6.07) is 8.11. The van der Waals surface area contributed by atoms with Crippen LogP contribution in [0.1, 0.15) is 45.1 Å². The van der Waals surface area contributed by atoms with Gasteiger partial charge in [-0.2, -0.15) is 5.26 Å². The molecule has 0 aliphatic carbocycles. The molecule has 0 aromatic heterocycles. The first kappa shape index (κ1) is 13.9. The maximum atomic E-state index is 8.92. The normalized spacial score (nSPS) is 10.3. The second kappa shape index (κ2) is 7.19. The van der Waals surface area contributed by atoms with E-state index in [0.717, 1.165) is 31.4 Å². The molecule has 1 aromatic rings. The number of anilines is 1. The molecule has 0 bridgehead atoms. The first-order valence-corrected chi connectivity index (χ1v) is 6.55. The van der Waals surface area contributed by atoms with E-state index in [0.29, 0.717) is 16.6 Å². The van der Waals surface area contributed by atoms with Gasteiger partial charge in [0.15, 0.2) is 0 Å². The Kier molecular flexibility index (Phi) is 5.86. The van der Waals surface area contributed by atoms with E-state index in [4.69, 9.17) is 16.9 Å². The monoisotopic (exact) mass is 250 g/mol. The molecule has 92 valence electrons. The van der Waals surface area contributed by atoms with Gasteiger partial charge in [0.05, 0.1) is 10.6 Å². The fourth-order valence-electron chi connectivity index (χ4n) is 1.92. The van der Waals surface area contributed by atoms with Crippen LogP contribution < -0.4 is 5.32 Å². The molecule has 0 amide bonds. The van der Waals surface area contributed by atoms with Crippen molar-refractivity contribution < 1.29 is 0 Å². The van der Waals surface area contributed by atoms with Crippen LogP contribution in [0.3, 0.4) is 0 Å². The van der Waals surface area contributed by atoms with Gasteiger partial charge in [0.25, 0.3) is 0 Å². The third-order valence-electron chi connectivity index (χ3n) is 2.73. The zero-order valence-electron chi connectivity index (χ0n) is 10.5. The van der Waals surface area contributed by atoms with Crippen molar-refractivity contribution in [3.05, 3.63) is 28.8 Å². The van der Waals surface area contributed by atoms with E-state index in [1.807, 2.05) is 12.1 Å². The fraction of sp³-hybridized carbons (Fsp3) is 0.500. The van der Waals surface area contributed by atoms with E-state index >= 15 is 0 Å². The summed E-state index contributed by atoms with van der Waals surface area (Å²) in [6.07, 6.45) is 4.63. The van der Waals surface area contributed by atoms with Crippen molar-refractivity contribution in [3.8, 4) is 6.07 Å². The van der Waals surface area contributed by atoms with Gasteiger partial charge in [0.1, 0.15) is 6.07 Å². The van der Waals surface area contributed by atoms with Crippen LogP contribution in [0, 0.1) is 11.3 Å². The minimum absolute atomic E-state index is 0.484. The minimum Gasteiger partial charge on any atom is -0.382 e. The molecule has 0 aliphatic heterocycles. The van der Waals surface area contributed by atoms with Crippen LogP contribution in [-0.4, -0.2) is 6.04 Å². The average molecular weight is 251 g/mol. The summed E-state index contributed by atoms with van der Waals surface area (Å²) in [7, 11) is 0. The molecule has 17 heavy (non-hydrogen) atoms. The van der Waals surface area contributed by atoms with Gasteiger partial charge in [-0.15, -0.1) is 0 Å². The Labute approximate surface area is 109 Å². The second-order valence-electron chi connectivity index (χ2n) is 4.23. The average Bonchev–Trinajstić information content (AvgIpc) is 2.32. The van der Waals surface area contributed by atoms with Crippen LogP contribution in [0.4, 0.5) is 5.69 Å². The van der Waals surface area contributed by atoms with Crippen molar-refractivity contribution in [2.45, 2.75) is 45.6 Å². The van der Waals surface area contributed by atoms with Gasteiger partial charge in [-0.3, -0.25) is 0 Å². The van der Waals surface area contributed by atoms with Gasteiger partial charge in [0, 0.05) is 11.7 Å². The zero-order chi connectivity index (χ0) is 12.7. The van der Waals surface area contributed by atoms with Crippen molar-refractivity contribution in [2.24, 2.45) is 0 Å². The Morgan fingerprint density at radius 1 is 1.29 bits per heavy atom. The largest absolute Gasteiger partial charge is 0.382 e. The first-order chi connectivity index (χ1) is 8.21. The van der Waals surface area contributed by atoms with Crippen LogP contribution in [-0.2, 0) is 0 Å². The molecule has 0 spiro atoms. The van der Waals surface area contributed by atoms with Crippen LogP contribution in [0.15, 0.2) is 18.2 Å². The van der Waals surface area contributed by atoms with Gasteiger partial charge in [-0.05, 0) is 31.0 Å². The van der Waals surface area contributed by atoms with E-state index in [1.54, 1.807) is 6.07 Å². The molecule has 0 fully saturated rings. The topological polar surface area (TPSA) is 35.8 Å². The number of benzene rings is 1. The lowest BCUT2D eigenvalue weighted by Gasteiger charge is -2.19. The standard InChI is InChI=1S/C14H19ClN2/c1-3-5-12(6-4-2)17-13-7-8-14(15)11(9-13)10-16/h7-9,12,17H,3-6H2,1-2H3. The number of hydrogen-bond acceptors (Lipinski definition) is 2. The Morgan fingerprint density at radius 2 is 1.94 bits per heavy atom. The molecule has 0 unspecified atom stereocenters. The zero-order valence-corrected chi connectivity index (χ0v) is 11.2. The Hall–Kier alpha value is -1.20. The number of nitrogens with zero attached hydrogens (tertiary/aromatic N) is 1. The predicted molar refractivity (Wildman–Crippen MR) is 73.4 cm³/mol. The van der Waals surface area contributed by atoms with Crippen molar-refractivity contribution in [1.82, 2.24) is 0 Å². The molecule has 1 rings (SSSR count). The van der Waals surface area contributed by atoms with E-state index in [2.05, 4.69) is 25.2 Å². The molecule has 2 nitrogen and oxygen atoms in total. The number of hydrogen-bond donors (Lipinski definition) is 1. The lowest BCUT2D eigenvalue weighted by Crippen LogP contribution is -2.18. The summed E-state index contributed by atoms with van der Waals surface area (Å²) in [5.74, 6) is 0. The summed E-state index contributed by atoms with van der Waals surface area (Å²) in [6.45, 7) is 4.37. The Balaban J connectivity index is 2.75. The summed E-state index contributed by atoms with van der Waals surface area (Å²) < 4.78 is 0. The lowest BCUT2D eigenvalue weighted by molar-refractivity contribution is 0.586. The lowest BCUT2D eigenvalue weighted by atomic mass is 10.1. The minimum atomic E-state index is 0.484. The maximum Gasteiger partial charge on any atom is 0.101 e. The molecular formula is C14H19ClN2. The van der Waals surface area contributed by atoms with Crippen molar-refractivity contribution in [2.75, 3.05) is 5.32 Å². The highest BCUT2D eigenvalue weighted by molar-refractivity contribution is 6.31. The smallest absolute Gasteiger partial charge is 0.101 e. The summed E-state index contributed by atoms with van der Waals surface area (Å²) >= 11 is 5.90. The summed E-state index contributed by atoms with van der Waals surface area (Å²) in [5, 5.41) is 12.9. The quantitative estimate of drug-likeness (QED) is 0.801.